The lowest BCUT2D eigenvalue weighted by atomic mass is 9.48. The molecule has 4 rings (SSSR count). The van der Waals surface area contributed by atoms with Crippen molar-refractivity contribution in [3.05, 3.63) is 28.8 Å². The van der Waals surface area contributed by atoms with Crippen molar-refractivity contribution in [2.75, 3.05) is 0 Å². The van der Waals surface area contributed by atoms with E-state index < -0.39 is 10.0 Å². The van der Waals surface area contributed by atoms with Gasteiger partial charge in [0.05, 0.1) is 4.90 Å². The van der Waals surface area contributed by atoms with E-state index in [2.05, 4.69) is 77.5 Å². The number of hydrogen-bond donors (Lipinski definition) is 1. The van der Waals surface area contributed by atoms with Gasteiger partial charge in [0.15, 0.2) is 0 Å². The monoisotopic (exact) mass is 418 g/mol. The lowest BCUT2D eigenvalue weighted by molar-refractivity contribution is 0.00121. The molecule has 0 spiro atoms. The Bertz CT molecular complexity index is 880. The van der Waals surface area contributed by atoms with Crippen LogP contribution in [0, 0.1) is 17.3 Å². The second-order valence-electron chi connectivity index (χ2n) is 10.5. The molecule has 3 aliphatic carbocycles. The van der Waals surface area contributed by atoms with Gasteiger partial charge in [-0.3, -0.25) is 0 Å². The molecule has 0 amide bonds. The largest absolute Gasteiger partial charge is 0.277 e. The molecule has 5 heteroatoms. The van der Waals surface area contributed by atoms with Crippen LogP contribution in [0.25, 0.3) is 0 Å². The number of hydrogen-bond acceptors (Lipinski definition) is 3. The lowest BCUT2D eigenvalue weighted by Crippen LogP contribution is -2.53. The predicted molar refractivity (Wildman–Crippen MR) is 121 cm³/mol. The fraction of sp³-hybridized carbons (Fsp3) is 0.708. The van der Waals surface area contributed by atoms with Crippen molar-refractivity contribution in [1.29, 1.82) is 0 Å². The third-order valence-electron chi connectivity index (χ3n) is 7.28. The number of nitrogens with one attached hydrogen (secondary N) is 1. The minimum atomic E-state index is -3.73. The van der Waals surface area contributed by atoms with Gasteiger partial charge in [-0.15, -0.1) is 0 Å². The second-order valence-corrected chi connectivity index (χ2v) is 12.1. The van der Waals surface area contributed by atoms with Crippen LogP contribution in [0.2, 0.25) is 0 Å². The molecule has 2 atom stereocenters. The van der Waals surface area contributed by atoms with Crippen LogP contribution in [0.1, 0.15) is 109 Å². The van der Waals surface area contributed by atoms with E-state index in [1.807, 2.05) is 0 Å². The normalized spacial score (nSPS) is 25.0. The number of fused-ring (bicyclic) bond motifs is 2. The van der Waals surface area contributed by atoms with Crippen molar-refractivity contribution in [1.82, 2.24) is 4.83 Å². The Morgan fingerprint density at radius 1 is 1.00 bits per heavy atom. The van der Waals surface area contributed by atoms with E-state index in [4.69, 9.17) is 0 Å². The van der Waals surface area contributed by atoms with Gasteiger partial charge in [-0.1, -0.05) is 67.5 Å². The topological polar surface area (TPSA) is 58.5 Å². The SMILES string of the molecule is CC(C)c1cc(C(C)C)c(S(=O)(=O)N/N=C2/CCC3CC2C3(C)C)c(C(C)C)c1. The smallest absolute Gasteiger partial charge is 0.200 e. The molecular formula is C24H38N2O2S. The van der Waals surface area contributed by atoms with Crippen molar-refractivity contribution < 1.29 is 8.42 Å². The highest BCUT2D eigenvalue weighted by molar-refractivity contribution is 7.89. The average molecular weight is 419 g/mol. The summed E-state index contributed by atoms with van der Waals surface area (Å²) in [7, 11) is -3.73. The average Bonchev–Trinajstić information content (AvgIpc) is 2.65. The van der Waals surface area contributed by atoms with Crippen LogP contribution >= 0.6 is 0 Å². The minimum Gasteiger partial charge on any atom is -0.200 e. The zero-order valence-corrected chi connectivity index (χ0v) is 20.2. The molecule has 0 saturated heterocycles. The van der Waals surface area contributed by atoms with Gasteiger partial charge in [-0.25, -0.2) is 4.83 Å². The maximum absolute atomic E-state index is 13.5. The molecule has 29 heavy (non-hydrogen) atoms. The fourth-order valence-corrected chi connectivity index (χ4v) is 6.60. The summed E-state index contributed by atoms with van der Waals surface area (Å²) in [6.07, 6.45) is 3.16. The standard InChI is InChI=1S/C24H38N2O2S/c1-14(2)17-11-19(15(3)4)23(20(12-17)16(5)6)29(27,28)26-25-22-10-9-18-13-21(22)24(18,7)8/h11-12,14-16,18,21,26H,9-10,13H2,1-8H3/b25-22-. The summed E-state index contributed by atoms with van der Waals surface area (Å²) in [6, 6.07) is 4.15. The van der Waals surface area contributed by atoms with Crippen LogP contribution in [0.5, 0.6) is 0 Å². The van der Waals surface area contributed by atoms with Crippen LogP contribution in [0.4, 0.5) is 0 Å². The molecule has 1 aromatic rings. The van der Waals surface area contributed by atoms with Crippen LogP contribution < -0.4 is 4.83 Å². The van der Waals surface area contributed by atoms with Gasteiger partial charge in [-0.05, 0) is 65.0 Å². The number of sulfonamides is 1. The van der Waals surface area contributed by atoms with Crippen molar-refractivity contribution in [3.8, 4) is 0 Å². The Hall–Kier alpha value is -1.36. The number of hydrazone groups is 1. The number of benzene rings is 1. The van der Waals surface area contributed by atoms with E-state index in [-0.39, 0.29) is 17.3 Å². The van der Waals surface area contributed by atoms with Crippen molar-refractivity contribution in [2.24, 2.45) is 22.4 Å². The van der Waals surface area contributed by atoms with Gasteiger partial charge < -0.3 is 0 Å². The van der Waals surface area contributed by atoms with Gasteiger partial charge in [0.2, 0.25) is 0 Å². The van der Waals surface area contributed by atoms with Crippen LogP contribution in [-0.2, 0) is 10.0 Å². The zero-order chi connectivity index (χ0) is 21.7. The van der Waals surface area contributed by atoms with Gasteiger partial charge in [0.1, 0.15) is 0 Å². The van der Waals surface area contributed by atoms with E-state index in [1.54, 1.807) is 0 Å². The molecule has 3 fully saturated rings. The summed E-state index contributed by atoms with van der Waals surface area (Å²) in [5.41, 5.74) is 4.24. The van der Waals surface area contributed by atoms with Crippen LogP contribution in [0.15, 0.2) is 22.1 Å². The summed E-state index contributed by atoms with van der Waals surface area (Å²) in [4.78, 5) is 3.07. The van der Waals surface area contributed by atoms with Crippen molar-refractivity contribution in [2.45, 2.75) is 97.3 Å². The summed E-state index contributed by atoms with van der Waals surface area (Å²) in [6.45, 7) is 17.1. The van der Waals surface area contributed by atoms with E-state index in [0.717, 1.165) is 42.0 Å². The van der Waals surface area contributed by atoms with E-state index in [9.17, 15) is 8.42 Å². The summed E-state index contributed by atoms with van der Waals surface area (Å²) >= 11 is 0. The van der Waals surface area contributed by atoms with Crippen molar-refractivity contribution >= 4 is 15.7 Å². The lowest BCUT2D eigenvalue weighted by Gasteiger charge is -2.56. The number of rotatable bonds is 6. The molecule has 1 N–H and O–H groups in total. The Kier molecular flexibility index (Phi) is 5.94. The highest BCUT2D eigenvalue weighted by Crippen LogP contribution is 2.57. The Balaban J connectivity index is 2.03. The molecule has 2 bridgehead atoms. The molecule has 1 aromatic carbocycles. The Labute approximate surface area is 177 Å². The fourth-order valence-electron chi connectivity index (χ4n) is 5.07. The second kappa shape index (κ2) is 7.72. The van der Waals surface area contributed by atoms with Gasteiger partial charge in [0, 0.05) is 11.6 Å². The molecule has 0 heterocycles. The predicted octanol–water partition coefficient (Wildman–Crippen LogP) is 6.15. The molecule has 0 radical (unpaired) electrons. The highest BCUT2D eigenvalue weighted by Gasteiger charge is 2.53. The first kappa shape index (κ1) is 22.3. The first-order valence-electron chi connectivity index (χ1n) is 11.1. The molecular weight excluding hydrogens is 380 g/mol. The Morgan fingerprint density at radius 2 is 1.55 bits per heavy atom. The van der Waals surface area contributed by atoms with Gasteiger partial charge in [0.25, 0.3) is 10.0 Å². The summed E-state index contributed by atoms with van der Waals surface area (Å²) in [5, 5.41) is 4.48. The quantitative estimate of drug-likeness (QED) is 0.563. The molecule has 3 aliphatic rings. The van der Waals surface area contributed by atoms with E-state index in [1.165, 1.54) is 5.56 Å². The van der Waals surface area contributed by atoms with Crippen LogP contribution in [0.3, 0.4) is 0 Å². The van der Waals surface area contributed by atoms with E-state index in [0.29, 0.717) is 16.7 Å². The zero-order valence-electron chi connectivity index (χ0n) is 19.3. The summed E-state index contributed by atoms with van der Waals surface area (Å²) in [5.74, 6) is 1.75. The van der Waals surface area contributed by atoms with Gasteiger partial charge >= 0.3 is 0 Å². The van der Waals surface area contributed by atoms with E-state index >= 15 is 0 Å². The molecule has 2 unspecified atom stereocenters. The molecule has 3 saturated carbocycles. The summed E-state index contributed by atoms with van der Waals surface area (Å²) < 4.78 is 26.9. The third-order valence-corrected chi connectivity index (χ3v) is 8.62. The van der Waals surface area contributed by atoms with Crippen LogP contribution in [-0.4, -0.2) is 14.1 Å². The highest BCUT2D eigenvalue weighted by atomic mass is 32.2. The number of nitrogens with zero attached hydrogens (tertiary/aromatic N) is 1. The molecule has 4 nitrogen and oxygen atoms in total. The third kappa shape index (κ3) is 3.99. The Morgan fingerprint density at radius 3 is 1.97 bits per heavy atom. The first-order chi connectivity index (χ1) is 13.4. The molecule has 162 valence electrons. The maximum atomic E-state index is 13.5. The molecule has 0 aromatic heterocycles. The maximum Gasteiger partial charge on any atom is 0.277 e. The molecule has 0 aliphatic heterocycles. The van der Waals surface area contributed by atoms with Gasteiger partial charge in [-0.2, -0.15) is 13.5 Å². The first-order valence-corrected chi connectivity index (χ1v) is 12.6. The minimum absolute atomic E-state index is 0.117. The van der Waals surface area contributed by atoms with Crippen molar-refractivity contribution in [3.63, 3.8) is 0 Å².